The first-order valence-electron chi connectivity index (χ1n) is 7.10. The quantitative estimate of drug-likeness (QED) is 0.877. The highest BCUT2D eigenvalue weighted by molar-refractivity contribution is 6.33. The maximum absolute atomic E-state index is 12.5. The van der Waals surface area contributed by atoms with Gasteiger partial charge in [0, 0.05) is 19.0 Å². The maximum atomic E-state index is 12.5. The molecule has 0 radical (unpaired) electrons. The summed E-state index contributed by atoms with van der Waals surface area (Å²) in [7, 11) is 0. The average molecular weight is 346 g/mol. The number of piperidine rings is 1. The highest BCUT2D eigenvalue weighted by Gasteiger charge is 2.31. The number of carbonyl (C=O) groups is 2. The van der Waals surface area contributed by atoms with Crippen LogP contribution in [0.2, 0.25) is 5.02 Å². The van der Waals surface area contributed by atoms with Gasteiger partial charge in [-0.05, 0) is 31.9 Å². The van der Waals surface area contributed by atoms with Gasteiger partial charge in [-0.1, -0.05) is 23.7 Å². The summed E-state index contributed by atoms with van der Waals surface area (Å²) < 4.78 is 0. The third-order valence-electron chi connectivity index (χ3n) is 3.42. The van der Waals surface area contributed by atoms with Crippen molar-refractivity contribution in [2.75, 3.05) is 11.4 Å². The monoisotopic (exact) mass is 345 g/mol. The van der Waals surface area contributed by atoms with Crippen LogP contribution in [0.1, 0.15) is 26.2 Å². The Balaban J connectivity index is 0.00000242. The van der Waals surface area contributed by atoms with Crippen molar-refractivity contribution in [2.45, 2.75) is 38.3 Å². The minimum atomic E-state index is -0.499. The first-order valence-corrected chi connectivity index (χ1v) is 7.47. The van der Waals surface area contributed by atoms with Crippen molar-refractivity contribution in [1.82, 2.24) is 5.32 Å². The van der Waals surface area contributed by atoms with Crippen LogP contribution in [0.3, 0.4) is 0 Å². The van der Waals surface area contributed by atoms with Gasteiger partial charge in [-0.15, -0.1) is 12.4 Å². The predicted molar refractivity (Wildman–Crippen MR) is 90.5 cm³/mol. The molecule has 1 aliphatic rings. The lowest BCUT2D eigenvalue weighted by Gasteiger charge is -2.33. The van der Waals surface area contributed by atoms with Gasteiger partial charge in [0.2, 0.25) is 11.8 Å². The number of anilines is 1. The molecule has 1 aliphatic heterocycles. The van der Waals surface area contributed by atoms with Crippen LogP contribution in [-0.4, -0.2) is 30.4 Å². The van der Waals surface area contributed by atoms with Gasteiger partial charge >= 0.3 is 0 Å². The van der Waals surface area contributed by atoms with Crippen LogP contribution in [0.5, 0.6) is 0 Å². The van der Waals surface area contributed by atoms with Gasteiger partial charge in [0.1, 0.15) is 6.04 Å². The first kappa shape index (κ1) is 18.7. The minimum Gasteiger partial charge on any atom is -0.344 e. The number of amides is 2. The Morgan fingerprint density at radius 2 is 2.18 bits per heavy atom. The van der Waals surface area contributed by atoms with Gasteiger partial charge in [0.15, 0.2) is 0 Å². The van der Waals surface area contributed by atoms with E-state index in [0.29, 0.717) is 23.7 Å². The van der Waals surface area contributed by atoms with Crippen LogP contribution < -0.4 is 16.0 Å². The SMILES string of the molecule is CC(N)CC(=O)NC1CCCN(c2ccccc2Cl)C1=O.Cl. The number of nitrogens with two attached hydrogens (primary N) is 1. The van der Waals surface area contributed by atoms with E-state index in [-0.39, 0.29) is 36.7 Å². The van der Waals surface area contributed by atoms with E-state index in [1.54, 1.807) is 17.9 Å². The second-order valence-corrected chi connectivity index (χ2v) is 5.79. The molecule has 0 aromatic heterocycles. The summed E-state index contributed by atoms with van der Waals surface area (Å²) in [5.41, 5.74) is 6.29. The maximum Gasteiger partial charge on any atom is 0.249 e. The lowest BCUT2D eigenvalue weighted by Crippen LogP contribution is -2.53. The second-order valence-electron chi connectivity index (χ2n) is 5.39. The molecule has 122 valence electrons. The van der Waals surface area contributed by atoms with E-state index < -0.39 is 6.04 Å². The molecule has 1 saturated heterocycles. The zero-order valence-electron chi connectivity index (χ0n) is 12.4. The summed E-state index contributed by atoms with van der Waals surface area (Å²) in [5.74, 6) is -0.309. The van der Waals surface area contributed by atoms with Crippen molar-refractivity contribution in [2.24, 2.45) is 5.73 Å². The molecule has 2 amide bonds. The van der Waals surface area contributed by atoms with Gasteiger partial charge in [0.25, 0.3) is 0 Å². The Kier molecular flexibility index (Phi) is 7.13. The molecule has 0 saturated carbocycles. The number of para-hydroxylation sites is 1. The van der Waals surface area contributed by atoms with Gasteiger partial charge in [-0.25, -0.2) is 0 Å². The summed E-state index contributed by atoms with van der Waals surface area (Å²) in [5, 5.41) is 3.30. The molecule has 2 rings (SSSR count). The lowest BCUT2D eigenvalue weighted by molar-refractivity contribution is -0.128. The van der Waals surface area contributed by atoms with Crippen molar-refractivity contribution in [3.63, 3.8) is 0 Å². The molecule has 2 atom stereocenters. The number of nitrogens with one attached hydrogen (secondary N) is 1. The zero-order valence-corrected chi connectivity index (χ0v) is 14.0. The zero-order chi connectivity index (χ0) is 15.4. The minimum absolute atomic E-state index is 0. The molecular weight excluding hydrogens is 325 g/mol. The lowest BCUT2D eigenvalue weighted by atomic mass is 10.0. The molecule has 1 heterocycles. The number of carbonyl (C=O) groups excluding carboxylic acids is 2. The summed E-state index contributed by atoms with van der Waals surface area (Å²) in [6.07, 6.45) is 1.68. The third-order valence-corrected chi connectivity index (χ3v) is 3.74. The highest BCUT2D eigenvalue weighted by atomic mass is 35.5. The van der Waals surface area contributed by atoms with Gasteiger partial charge < -0.3 is 16.0 Å². The number of halogens is 2. The average Bonchev–Trinajstić information content (AvgIpc) is 2.41. The number of benzene rings is 1. The van der Waals surface area contributed by atoms with E-state index in [9.17, 15) is 9.59 Å². The molecule has 5 nitrogen and oxygen atoms in total. The van der Waals surface area contributed by atoms with Crippen LogP contribution in [0.25, 0.3) is 0 Å². The van der Waals surface area contributed by atoms with Crippen LogP contribution in [0, 0.1) is 0 Å². The van der Waals surface area contributed by atoms with Crippen molar-refractivity contribution in [1.29, 1.82) is 0 Å². The fourth-order valence-corrected chi connectivity index (χ4v) is 2.70. The van der Waals surface area contributed by atoms with E-state index in [4.69, 9.17) is 17.3 Å². The van der Waals surface area contributed by atoms with E-state index in [0.717, 1.165) is 6.42 Å². The van der Waals surface area contributed by atoms with Crippen molar-refractivity contribution in [3.8, 4) is 0 Å². The van der Waals surface area contributed by atoms with E-state index in [1.807, 2.05) is 18.2 Å². The standard InChI is InChI=1S/C15H20ClN3O2.ClH/c1-10(17)9-14(20)18-12-6-4-8-19(15(12)21)13-7-3-2-5-11(13)16;/h2-3,5,7,10,12H,4,6,8-9,17H2,1H3,(H,18,20);1H. The molecule has 1 aromatic carbocycles. The molecule has 1 fully saturated rings. The van der Waals surface area contributed by atoms with Crippen molar-refractivity contribution < 1.29 is 9.59 Å². The van der Waals surface area contributed by atoms with Gasteiger partial charge in [-0.3, -0.25) is 9.59 Å². The molecule has 3 N–H and O–H groups in total. The summed E-state index contributed by atoms with van der Waals surface area (Å²) in [6, 6.07) is 6.51. The summed E-state index contributed by atoms with van der Waals surface area (Å²) >= 11 is 6.15. The van der Waals surface area contributed by atoms with E-state index >= 15 is 0 Å². The molecule has 0 spiro atoms. The van der Waals surface area contributed by atoms with Gasteiger partial charge in [0.05, 0.1) is 10.7 Å². The Morgan fingerprint density at radius 1 is 1.50 bits per heavy atom. The van der Waals surface area contributed by atoms with Crippen molar-refractivity contribution in [3.05, 3.63) is 29.3 Å². The highest BCUT2D eigenvalue weighted by Crippen LogP contribution is 2.28. The first-order chi connectivity index (χ1) is 9.99. The summed E-state index contributed by atoms with van der Waals surface area (Å²) in [6.45, 7) is 2.38. The fraction of sp³-hybridized carbons (Fsp3) is 0.467. The molecule has 0 bridgehead atoms. The molecular formula is C15H21Cl2N3O2. The number of rotatable bonds is 4. The number of nitrogens with zero attached hydrogens (tertiary/aromatic N) is 1. The van der Waals surface area contributed by atoms with Gasteiger partial charge in [-0.2, -0.15) is 0 Å². The van der Waals surface area contributed by atoms with E-state index in [2.05, 4.69) is 5.32 Å². The predicted octanol–water partition coefficient (Wildman–Crippen LogP) is 2.11. The van der Waals surface area contributed by atoms with Crippen LogP contribution in [0.15, 0.2) is 24.3 Å². The molecule has 2 unspecified atom stereocenters. The normalized spacial score (nSPS) is 19.3. The smallest absolute Gasteiger partial charge is 0.249 e. The second kappa shape index (κ2) is 8.36. The Hall–Kier alpha value is -1.30. The largest absolute Gasteiger partial charge is 0.344 e. The fourth-order valence-electron chi connectivity index (χ4n) is 2.46. The Bertz CT molecular complexity index is 537. The molecule has 1 aromatic rings. The molecule has 7 heteroatoms. The van der Waals surface area contributed by atoms with E-state index in [1.165, 1.54) is 0 Å². The van der Waals surface area contributed by atoms with Crippen LogP contribution in [-0.2, 0) is 9.59 Å². The van der Waals surface area contributed by atoms with Crippen molar-refractivity contribution >= 4 is 41.5 Å². The third kappa shape index (κ3) is 4.60. The topological polar surface area (TPSA) is 75.4 Å². The van der Waals surface area contributed by atoms with Crippen LogP contribution >= 0.6 is 24.0 Å². The Morgan fingerprint density at radius 3 is 2.82 bits per heavy atom. The Labute approximate surface area is 141 Å². The summed E-state index contributed by atoms with van der Waals surface area (Å²) in [4.78, 5) is 26.0. The number of hydrogen-bond acceptors (Lipinski definition) is 3. The molecule has 0 aliphatic carbocycles. The van der Waals surface area contributed by atoms with Crippen LogP contribution in [0.4, 0.5) is 5.69 Å². The molecule has 22 heavy (non-hydrogen) atoms. The number of hydrogen-bond donors (Lipinski definition) is 2.